The van der Waals surface area contributed by atoms with E-state index in [0.29, 0.717) is 12.8 Å². The largest absolute Gasteiger partial charge is 0.295 e. The average molecular weight is 300 g/mol. The Balaban J connectivity index is 2.01. The summed E-state index contributed by atoms with van der Waals surface area (Å²) >= 11 is 0. The Labute approximate surface area is 132 Å². The summed E-state index contributed by atoms with van der Waals surface area (Å²) in [6.07, 6.45) is 9.16. The molecule has 0 amide bonds. The Morgan fingerprint density at radius 2 is 1.14 bits per heavy atom. The predicted molar refractivity (Wildman–Crippen MR) is 89.2 cm³/mol. The standard InChI is InChI=1S/C18H24N2O2/c1-17(2)9-13(7-15(21)11-17)19-5-6-20-14-8-16(22)12-18(3,4)10-14/h5-8H,9-12H2,1-4H3. The molecule has 0 aromatic carbocycles. The van der Waals surface area contributed by atoms with Crippen LogP contribution in [0.2, 0.25) is 0 Å². The van der Waals surface area contributed by atoms with Crippen LogP contribution in [0.15, 0.2) is 33.5 Å². The number of rotatable bonds is 3. The quantitative estimate of drug-likeness (QED) is 0.747. The topological polar surface area (TPSA) is 58.9 Å². The van der Waals surface area contributed by atoms with Gasteiger partial charge in [-0.05, 0) is 23.7 Å². The van der Waals surface area contributed by atoms with Crippen LogP contribution < -0.4 is 0 Å². The smallest absolute Gasteiger partial charge is 0.158 e. The molecule has 0 heterocycles. The normalized spacial score (nSPS) is 24.7. The van der Waals surface area contributed by atoms with E-state index in [9.17, 15) is 9.59 Å². The predicted octanol–water partition coefficient (Wildman–Crippen LogP) is 3.67. The second-order valence-corrected chi connectivity index (χ2v) is 7.80. The SMILES string of the molecule is CC1(C)CC(=O)C=C(N=CC=NC2=CC(=O)CC(C)(C)C2)C1. The number of hydrogen-bond donors (Lipinski definition) is 0. The van der Waals surface area contributed by atoms with E-state index in [0.717, 1.165) is 24.2 Å². The number of ketones is 2. The Morgan fingerprint density at radius 3 is 1.45 bits per heavy atom. The molecule has 0 fully saturated rings. The van der Waals surface area contributed by atoms with Gasteiger partial charge in [-0.3, -0.25) is 19.6 Å². The molecule has 0 radical (unpaired) electrons. The molecule has 0 spiro atoms. The molecule has 0 bridgehead atoms. The summed E-state index contributed by atoms with van der Waals surface area (Å²) in [7, 11) is 0. The Bertz CT molecular complexity index is 551. The summed E-state index contributed by atoms with van der Waals surface area (Å²) in [5.41, 5.74) is 1.53. The monoisotopic (exact) mass is 300 g/mol. The lowest BCUT2D eigenvalue weighted by Gasteiger charge is -2.27. The van der Waals surface area contributed by atoms with Crippen molar-refractivity contribution in [2.45, 2.75) is 53.4 Å². The highest BCUT2D eigenvalue weighted by atomic mass is 16.1. The number of aliphatic imine (C=N–C) groups is 2. The second kappa shape index (κ2) is 6.11. The van der Waals surface area contributed by atoms with Crippen LogP contribution in [-0.4, -0.2) is 24.0 Å². The third-order valence-corrected chi connectivity index (χ3v) is 3.83. The number of carbonyl (C=O) groups is 2. The van der Waals surface area contributed by atoms with Crippen LogP contribution in [0.25, 0.3) is 0 Å². The van der Waals surface area contributed by atoms with Gasteiger partial charge in [0.15, 0.2) is 11.6 Å². The van der Waals surface area contributed by atoms with Gasteiger partial charge >= 0.3 is 0 Å². The van der Waals surface area contributed by atoms with E-state index in [1.807, 2.05) is 0 Å². The van der Waals surface area contributed by atoms with E-state index >= 15 is 0 Å². The van der Waals surface area contributed by atoms with Crippen molar-refractivity contribution in [1.29, 1.82) is 0 Å². The second-order valence-electron chi connectivity index (χ2n) is 7.80. The summed E-state index contributed by atoms with van der Waals surface area (Å²) in [6.45, 7) is 8.29. The highest BCUT2D eigenvalue weighted by molar-refractivity contribution is 6.16. The minimum Gasteiger partial charge on any atom is -0.295 e. The highest BCUT2D eigenvalue weighted by Gasteiger charge is 2.28. The van der Waals surface area contributed by atoms with Crippen molar-refractivity contribution < 1.29 is 9.59 Å². The van der Waals surface area contributed by atoms with Crippen molar-refractivity contribution in [2.24, 2.45) is 20.8 Å². The molecule has 0 aliphatic heterocycles. The van der Waals surface area contributed by atoms with E-state index < -0.39 is 0 Å². The number of nitrogens with zero attached hydrogens (tertiary/aromatic N) is 2. The molecule has 118 valence electrons. The fraction of sp³-hybridized carbons (Fsp3) is 0.556. The van der Waals surface area contributed by atoms with E-state index in [2.05, 4.69) is 37.7 Å². The molecule has 2 aliphatic carbocycles. The molecular formula is C18H24N2O2. The number of hydrogen-bond acceptors (Lipinski definition) is 4. The summed E-state index contributed by atoms with van der Waals surface area (Å²) in [5.74, 6) is 0.255. The van der Waals surface area contributed by atoms with Crippen molar-refractivity contribution >= 4 is 24.0 Å². The van der Waals surface area contributed by atoms with Gasteiger partial charge in [0, 0.05) is 48.8 Å². The van der Waals surface area contributed by atoms with Crippen LogP contribution in [0, 0.1) is 10.8 Å². The Morgan fingerprint density at radius 1 is 0.773 bits per heavy atom. The number of carbonyl (C=O) groups excluding carboxylic acids is 2. The molecule has 0 saturated heterocycles. The lowest BCUT2D eigenvalue weighted by molar-refractivity contribution is -0.117. The summed E-state index contributed by atoms with van der Waals surface area (Å²) in [5, 5.41) is 0. The van der Waals surface area contributed by atoms with Crippen LogP contribution in [0.4, 0.5) is 0 Å². The highest BCUT2D eigenvalue weighted by Crippen LogP contribution is 2.34. The maximum atomic E-state index is 11.6. The Hall–Kier alpha value is -1.84. The first-order valence-corrected chi connectivity index (χ1v) is 7.69. The summed E-state index contributed by atoms with van der Waals surface area (Å²) in [4.78, 5) is 31.9. The molecule has 0 N–H and O–H groups in total. The van der Waals surface area contributed by atoms with Gasteiger partial charge < -0.3 is 0 Å². The van der Waals surface area contributed by atoms with E-state index in [4.69, 9.17) is 0 Å². The van der Waals surface area contributed by atoms with Gasteiger partial charge in [0.05, 0.1) is 0 Å². The molecule has 2 aliphatic rings. The summed E-state index contributed by atoms with van der Waals surface area (Å²) < 4.78 is 0. The van der Waals surface area contributed by atoms with Gasteiger partial charge in [0.2, 0.25) is 0 Å². The maximum Gasteiger partial charge on any atom is 0.158 e. The van der Waals surface area contributed by atoms with Crippen molar-refractivity contribution in [3.63, 3.8) is 0 Å². The molecular weight excluding hydrogens is 276 g/mol. The van der Waals surface area contributed by atoms with Crippen LogP contribution in [-0.2, 0) is 9.59 Å². The molecule has 0 unspecified atom stereocenters. The van der Waals surface area contributed by atoms with Gasteiger partial charge in [0.25, 0.3) is 0 Å². The first-order chi connectivity index (χ1) is 10.2. The van der Waals surface area contributed by atoms with Gasteiger partial charge in [-0.25, -0.2) is 0 Å². The third kappa shape index (κ3) is 4.86. The molecule has 0 atom stereocenters. The third-order valence-electron chi connectivity index (χ3n) is 3.83. The first kappa shape index (κ1) is 16.5. The van der Waals surface area contributed by atoms with Crippen molar-refractivity contribution in [1.82, 2.24) is 0 Å². The van der Waals surface area contributed by atoms with E-state index in [1.54, 1.807) is 24.6 Å². The van der Waals surface area contributed by atoms with Crippen LogP contribution in [0.1, 0.15) is 53.4 Å². The lowest BCUT2D eigenvalue weighted by atomic mass is 9.79. The van der Waals surface area contributed by atoms with Crippen LogP contribution in [0.5, 0.6) is 0 Å². The minimum atomic E-state index is -0.0298. The molecule has 4 heteroatoms. The molecule has 22 heavy (non-hydrogen) atoms. The van der Waals surface area contributed by atoms with Gasteiger partial charge in [-0.2, -0.15) is 0 Å². The van der Waals surface area contributed by atoms with Gasteiger partial charge in [-0.1, -0.05) is 27.7 Å². The fourth-order valence-corrected chi connectivity index (χ4v) is 3.05. The first-order valence-electron chi connectivity index (χ1n) is 7.69. The molecule has 4 nitrogen and oxygen atoms in total. The lowest BCUT2D eigenvalue weighted by Crippen LogP contribution is -2.21. The summed E-state index contributed by atoms with van der Waals surface area (Å²) in [6, 6.07) is 0. The average Bonchev–Trinajstić information content (AvgIpc) is 2.29. The molecule has 2 rings (SSSR count). The zero-order valence-electron chi connectivity index (χ0n) is 13.8. The molecule has 0 saturated carbocycles. The van der Waals surface area contributed by atoms with Crippen LogP contribution >= 0.6 is 0 Å². The fourth-order valence-electron chi connectivity index (χ4n) is 3.05. The zero-order chi connectivity index (χ0) is 16.4. The van der Waals surface area contributed by atoms with E-state index in [1.165, 1.54) is 0 Å². The zero-order valence-corrected chi connectivity index (χ0v) is 13.8. The maximum absolute atomic E-state index is 11.6. The molecule has 0 aromatic rings. The minimum absolute atomic E-state index is 0.0298. The van der Waals surface area contributed by atoms with Crippen LogP contribution in [0.3, 0.4) is 0 Å². The van der Waals surface area contributed by atoms with E-state index in [-0.39, 0.29) is 22.4 Å². The van der Waals surface area contributed by atoms with Crippen molar-refractivity contribution in [2.75, 3.05) is 0 Å². The van der Waals surface area contributed by atoms with Crippen molar-refractivity contribution in [3.05, 3.63) is 23.5 Å². The van der Waals surface area contributed by atoms with Gasteiger partial charge in [-0.15, -0.1) is 0 Å². The van der Waals surface area contributed by atoms with Gasteiger partial charge in [0.1, 0.15) is 0 Å². The molecule has 0 aromatic heterocycles. The Kier molecular flexibility index (Phi) is 4.59. The van der Waals surface area contributed by atoms with Crippen molar-refractivity contribution in [3.8, 4) is 0 Å². The number of allylic oxidation sites excluding steroid dienone is 4.